The number of benzene rings is 1. The summed E-state index contributed by atoms with van der Waals surface area (Å²) in [4.78, 5) is 15.1. The van der Waals surface area contributed by atoms with E-state index < -0.39 is 0 Å². The van der Waals surface area contributed by atoms with Crippen LogP contribution in [0.15, 0.2) is 30.3 Å². The lowest BCUT2D eigenvalue weighted by Crippen LogP contribution is -2.46. The molecule has 0 radical (unpaired) electrons. The fourth-order valence-electron chi connectivity index (χ4n) is 3.59. The molecule has 3 rings (SSSR count). The maximum atomic E-state index is 13.0. The van der Waals surface area contributed by atoms with Crippen LogP contribution < -0.4 is 0 Å². The third kappa shape index (κ3) is 4.10. The van der Waals surface area contributed by atoms with Gasteiger partial charge in [0.1, 0.15) is 0 Å². The van der Waals surface area contributed by atoms with Crippen molar-refractivity contribution in [3.05, 3.63) is 52.8 Å². The second kappa shape index (κ2) is 7.83. The summed E-state index contributed by atoms with van der Waals surface area (Å²) in [6.07, 6.45) is 3.27. The molecule has 1 aromatic heterocycles. The van der Waals surface area contributed by atoms with Gasteiger partial charge < -0.3 is 9.64 Å². The lowest BCUT2D eigenvalue weighted by atomic mass is 10.00. The number of carbonyl (C=O) groups is 1. The summed E-state index contributed by atoms with van der Waals surface area (Å²) in [6, 6.07) is 10.0. The monoisotopic (exact) mass is 341 g/mol. The van der Waals surface area contributed by atoms with E-state index in [-0.39, 0.29) is 11.9 Å². The zero-order valence-electron chi connectivity index (χ0n) is 15.4. The number of likely N-dealkylation sites (tertiary alicyclic amines) is 1. The molecule has 2 heterocycles. The SMILES string of the molecule is COCc1ccc(C(=O)N2CCCC[C@H]2Cn2nc(C)cc2C)cc1. The van der Waals surface area contributed by atoms with Crippen LogP contribution in [0.1, 0.15) is 46.6 Å². The molecule has 0 bridgehead atoms. The highest BCUT2D eigenvalue weighted by Gasteiger charge is 2.28. The molecule has 1 fully saturated rings. The minimum atomic E-state index is 0.121. The van der Waals surface area contributed by atoms with Crippen LogP contribution in [0.5, 0.6) is 0 Å². The predicted octanol–water partition coefficient (Wildman–Crippen LogP) is 3.34. The van der Waals surface area contributed by atoms with Crippen molar-refractivity contribution in [1.82, 2.24) is 14.7 Å². The van der Waals surface area contributed by atoms with Crippen LogP contribution in [0.25, 0.3) is 0 Å². The van der Waals surface area contributed by atoms with E-state index in [2.05, 4.69) is 18.1 Å². The Bertz CT molecular complexity index is 721. The Balaban J connectivity index is 1.75. The molecule has 5 heteroatoms. The first-order chi connectivity index (χ1) is 12.1. The summed E-state index contributed by atoms with van der Waals surface area (Å²) >= 11 is 0. The number of hydrogen-bond acceptors (Lipinski definition) is 3. The van der Waals surface area contributed by atoms with Gasteiger partial charge in [0.25, 0.3) is 5.91 Å². The van der Waals surface area contributed by atoms with Crippen LogP contribution in [-0.2, 0) is 17.9 Å². The Morgan fingerprint density at radius 3 is 2.64 bits per heavy atom. The van der Waals surface area contributed by atoms with Gasteiger partial charge in [-0.3, -0.25) is 9.48 Å². The molecule has 0 spiro atoms. The molecule has 1 aliphatic rings. The number of methoxy groups -OCH3 is 1. The van der Waals surface area contributed by atoms with Crippen LogP contribution in [0.3, 0.4) is 0 Å². The summed E-state index contributed by atoms with van der Waals surface area (Å²) in [5.74, 6) is 0.121. The van der Waals surface area contributed by atoms with Crippen LogP contribution in [-0.4, -0.2) is 40.3 Å². The van der Waals surface area contributed by atoms with E-state index in [1.807, 2.05) is 40.8 Å². The molecule has 2 aromatic rings. The molecule has 0 unspecified atom stereocenters. The first-order valence-electron chi connectivity index (χ1n) is 8.98. The van der Waals surface area contributed by atoms with Gasteiger partial charge in [0.15, 0.2) is 0 Å². The average molecular weight is 341 g/mol. The Labute approximate surface area is 149 Å². The quantitative estimate of drug-likeness (QED) is 0.838. The van der Waals surface area contributed by atoms with E-state index in [1.165, 1.54) is 6.42 Å². The maximum Gasteiger partial charge on any atom is 0.254 e. The predicted molar refractivity (Wildman–Crippen MR) is 97.5 cm³/mol. The number of aromatic nitrogens is 2. The molecule has 1 aromatic carbocycles. The highest BCUT2D eigenvalue weighted by molar-refractivity contribution is 5.94. The molecule has 134 valence electrons. The van der Waals surface area contributed by atoms with Crippen molar-refractivity contribution >= 4 is 5.91 Å². The highest BCUT2D eigenvalue weighted by Crippen LogP contribution is 2.22. The topological polar surface area (TPSA) is 47.4 Å². The van der Waals surface area contributed by atoms with Crippen molar-refractivity contribution in [3.63, 3.8) is 0 Å². The van der Waals surface area contributed by atoms with E-state index in [4.69, 9.17) is 4.74 Å². The lowest BCUT2D eigenvalue weighted by molar-refractivity contribution is 0.0582. The summed E-state index contributed by atoms with van der Waals surface area (Å²) in [6.45, 7) is 6.24. The van der Waals surface area contributed by atoms with Gasteiger partial charge in [-0.15, -0.1) is 0 Å². The van der Waals surface area contributed by atoms with Crippen molar-refractivity contribution in [1.29, 1.82) is 0 Å². The van der Waals surface area contributed by atoms with Gasteiger partial charge in [0.05, 0.1) is 24.9 Å². The van der Waals surface area contributed by atoms with Crippen LogP contribution in [0.2, 0.25) is 0 Å². The van der Waals surface area contributed by atoms with E-state index in [9.17, 15) is 4.79 Å². The molecule has 25 heavy (non-hydrogen) atoms. The van der Waals surface area contributed by atoms with Crippen molar-refractivity contribution < 1.29 is 9.53 Å². The molecule has 1 aliphatic heterocycles. The minimum absolute atomic E-state index is 0.121. The fourth-order valence-corrected chi connectivity index (χ4v) is 3.59. The zero-order valence-corrected chi connectivity index (χ0v) is 15.4. The summed E-state index contributed by atoms with van der Waals surface area (Å²) < 4.78 is 7.17. The average Bonchev–Trinajstić information content (AvgIpc) is 2.93. The molecule has 0 N–H and O–H groups in total. The van der Waals surface area contributed by atoms with Crippen molar-refractivity contribution in [2.24, 2.45) is 0 Å². The van der Waals surface area contributed by atoms with Gasteiger partial charge in [-0.1, -0.05) is 12.1 Å². The van der Waals surface area contributed by atoms with Crippen LogP contribution in [0.4, 0.5) is 0 Å². The zero-order chi connectivity index (χ0) is 17.8. The van der Waals surface area contributed by atoms with Gasteiger partial charge >= 0.3 is 0 Å². The number of rotatable bonds is 5. The fraction of sp³-hybridized carbons (Fsp3) is 0.500. The number of carbonyl (C=O) groups excluding carboxylic acids is 1. The summed E-state index contributed by atoms with van der Waals surface area (Å²) in [5.41, 5.74) is 4.01. The van der Waals surface area contributed by atoms with Gasteiger partial charge in [0, 0.05) is 24.9 Å². The normalized spacial score (nSPS) is 17.7. The van der Waals surface area contributed by atoms with E-state index in [0.29, 0.717) is 6.61 Å². The van der Waals surface area contributed by atoms with Crippen LogP contribution in [0, 0.1) is 13.8 Å². The molecule has 0 aliphatic carbocycles. The van der Waals surface area contributed by atoms with Gasteiger partial charge in [-0.25, -0.2) is 0 Å². The first-order valence-corrected chi connectivity index (χ1v) is 8.98. The highest BCUT2D eigenvalue weighted by atomic mass is 16.5. The molecule has 1 amide bonds. The first kappa shape index (κ1) is 17.7. The third-order valence-corrected chi connectivity index (χ3v) is 4.89. The Hall–Kier alpha value is -2.14. The second-order valence-electron chi connectivity index (χ2n) is 6.89. The molecule has 1 atom stereocenters. The van der Waals surface area contributed by atoms with Crippen molar-refractivity contribution in [2.75, 3.05) is 13.7 Å². The molecule has 0 saturated carbocycles. The minimum Gasteiger partial charge on any atom is -0.380 e. The molecular formula is C20H27N3O2. The van der Waals surface area contributed by atoms with Crippen molar-refractivity contribution in [2.45, 2.75) is 52.3 Å². The van der Waals surface area contributed by atoms with Gasteiger partial charge in [-0.2, -0.15) is 5.10 Å². The summed E-state index contributed by atoms with van der Waals surface area (Å²) in [7, 11) is 1.68. The Kier molecular flexibility index (Phi) is 5.53. The third-order valence-electron chi connectivity index (χ3n) is 4.89. The van der Waals surface area contributed by atoms with E-state index >= 15 is 0 Å². The van der Waals surface area contributed by atoms with Gasteiger partial charge in [0.2, 0.25) is 0 Å². The van der Waals surface area contributed by atoms with E-state index in [1.54, 1.807) is 7.11 Å². The Morgan fingerprint density at radius 1 is 1.24 bits per heavy atom. The number of amides is 1. The number of piperidine rings is 1. The van der Waals surface area contributed by atoms with E-state index in [0.717, 1.165) is 48.4 Å². The number of nitrogens with zero attached hydrogens (tertiary/aromatic N) is 3. The van der Waals surface area contributed by atoms with Crippen LogP contribution >= 0.6 is 0 Å². The number of ether oxygens (including phenoxy) is 1. The Morgan fingerprint density at radius 2 is 2.00 bits per heavy atom. The maximum absolute atomic E-state index is 13.0. The molecule has 5 nitrogen and oxygen atoms in total. The second-order valence-corrected chi connectivity index (χ2v) is 6.89. The largest absolute Gasteiger partial charge is 0.380 e. The van der Waals surface area contributed by atoms with Crippen molar-refractivity contribution in [3.8, 4) is 0 Å². The standard InChI is InChI=1S/C20H27N3O2/c1-15-12-16(2)23(21-15)13-19-6-4-5-11-22(19)20(24)18-9-7-17(8-10-18)14-25-3/h7-10,12,19H,4-6,11,13-14H2,1-3H3/t19-/m0/s1. The molecular weight excluding hydrogens is 314 g/mol. The summed E-state index contributed by atoms with van der Waals surface area (Å²) in [5, 5.41) is 4.57. The number of hydrogen-bond donors (Lipinski definition) is 0. The number of aryl methyl sites for hydroxylation is 2. The lowest BCUT2D eigenvalue weighted by Gasteiger charge is -2.36. The molecule has 1 saturated heterocycles. The smallest absolute Gasteiger partial charge is 0.254 e. The van der Waals surface area contributed by atoms with Gasteiger partial charge in [-0.05, 0) is 56.9 Å².